The van der Waals surface area contributed by atoms with Crippen molar-refractivity contribution in [1.29, 1.82) is 0 Å². The summed E-state index contributed by atoms with van der Waals surface area (Å²) in [4.78, 5) is 17.0. The third kappa shape index (κ3) is 4.32. The summed E-state index contributed by atoms with van der Waals surface area (Å²) >= 11 is 0. The molecule has 0 fully saturated rings. The first-order valence-electron chi connectivity index (χ1n) is 9.76. The first-order valence-corrected chi connectivity index (χ1v) is 9.76. The van der Waals surface area contributed by atoms with E-state index in [9.17, 15) is 4.79 Å². The van der Waals surface area contributed by atoms with Gasteiger partial charge in [-0.15, -0.1) is 5.10 Å². The molecule has 2 aromatic carbocycles. The number of benzene rings is 2. The molecule has 8 heteroatoms. The van der Waals surface area contributed by atoms with Crippen LogP contribution < -0.4 is 10.6 Å². The number of allylic oxidation sites excluding steroid dienone is 3. The third-order valence-electron chi connectivity index (χ3n) is 4.73. The number of tetrazole rings is 1. The topological polar surface area (TPSA) is 97.1 Å². The lowest BCUT2D eigenvalue weighted by atomic mass is 10.1. The molecule has 154 valence electrons. The number of nitrogens with zero attached hydrogens (tertiary/aromatic N) is 5. The maximum absolute atomic E-state index is 12.4. The van der Waals surface area contributed by atoms with Crippen LogP contribution in [0.4, 0.5) is 11.5 Å². The van der Waals surface area contributed by atoms with Crippen LogP contribution in [-0.2, 0) is 0 Å². The second kappa shape index (κ2) is 9.00. The maximum atomic E-state index is 12.4. The van der Waals surface area contributed by atoms with Crippen LogP contribution in [0.1, 0.15) is 16.8 Å². The van der Waals surface area contributed by atoms with Crippen molar-refractivity contribution in [1.82, 2.24) is 30.3 Å². The highest BCUT2D eigenvalue weighted by Crippen LogP contribution is 2.22. The van der Waals surface area contributed by atoms with Gasteiger partial charge >= 0.3 is 0 Å². The van der Waals surface area contributed by atoms with Gasteiger partial charge in [-0.25, -0.2) is 4.98 Å². The van der Waals surface area contributed by atoms with E-state index in [1.165, 1.54) is 0 Å². The molecule has 0 saturated carbocycles. The number of nitrogens with one attached hydrogen (secondary N) is 2. The van der Waals surface area contributed by atoms with Gasteiger partial charge in [-0.2, -0.15) is 4.52 Å². The molecule has 0 saturated heterocycles. The van der Waals surface area contributed by atoms with Crippen molar-refractivity contribution in [2.24, 2.45) is 0 Å². The zero-order valence-electron chi connectivity index (χ0n) is 16.8. The summed E-state index contributed by atoms with van der Waals surface area (Å²) in [5, 5.41) is 18.0. The van der Waals surface area contributed by atoms with E-state index in [1.807, 2.05) is 42.5 Å². The summed E-state index contributed by atoms with van der Waals surface area (Å²) in [6.45, 7) is 7.95. The molecule has 2 heterocycles. The molecular formula is C23H21N7O. The highest BCUT2D eigenvalue weighted by Gasteiger charge is 2.12. The lowest BCUT2D eigenvalue weighted by Crippen LogP contribution is -2.24. The molecule has 0 bridgehead atoms. The molecule has 4 aromatic rings. The number of carbonyl (C=O) groups excluding carboxylic acids is 1. The maximum Gasteiger partial charge on any atom is 0.251 e. The van der Waals surface area contributed by atoms with Crippen molar-refractivity contribution in [3.05, 3.63) is 91.1 Å². The molecule has 0 unspecified atom stereocenters. The molecule has 0 atom stereocenters. The Kier molecular flexibility index (Phi) is 5.79. The summed E-state index contributed by atoms with van der Waals surface area (Å²) in [7, 11) is 0. The minimum atomic E-state index is -0.138. The molecule has 0 spiro atoms. The van der Waals surface area contributed by atoms with E-state index < -0.39 is 0 Å². The van der Waals surface area contributed by atoms with Gasteiger partial charge in [0.25, 0.3) is 5.91 Å². The monoisotopic (exact) mass is 411 g/mol. The van der Waals surface area contributed by atoms with Gasteiger partial charge in [-0.05, 0) is 58.8 Å². The molecule has 0 aliphatic heterocycles. The fraction of sp³-hybridized carbons (Fsp3) is 0.0870. The molecule has 8 nitrogen and oxygen atoms in total. The average molecular weight is 411 g/mol. The number of hydrogen-bond donors (Lipinski definition) is 2. The zero-order valence-corrected chi connectivity index (χ0v) is 16.8. The van der Waals surface area contributed by atoms with Crippen LogP contribution in [0.3, 0.4) is 0 Å². The van der Waals surface area contributed by atoms with E-state index in [2.05, 4.69) is 44.3 Å². The number of rotatable bonds is 8. The quantitative estimate of drug-likeness (QED) is 0.428. The smallest absolute Gasteiger partial charge is 0.251 e. The molecule has 4 rings (SSSR count). The van der Waals surface area contributed by atoms with E-state index in [-0.39, 0.29) is 5.91 Å². The predicted molar refractivity (Wildman–Crippen MR) is 121 cm³/mol. The van der Waals surface area contributed by atoms with Crippen LogP contribution in [0, 0.1) is 0 Å². The van der Waals surface area contributed by atoms with Gasteiger partial charge in [0.2, 0.25) is 5.65 Å². The Morgan fingerprint density at radius 3 is 2.68 bits per heavy atom. The molecule has 2 aromatic heterocycles. The normalized spacial score (nSPS) is 11.4. The summed E-state index contributed by atoms with van der Waals surface area (Å²) < 4.78 is 1.64. The fourth-order valence-electron chi connectivity index (χ4n) is 3.16. The number of hydrogen-bond acceptors (Lipinski definition) is 6. The van der Waals surface area contributed by atoms with Crippen LogP contribution in [0.15, 0.2) is 85.5 Å². The Morgan fingerprint density at radius 1 is 1.10 bits per heavy atom. The van der Waals surface area contributed by atoms with Crippen molar-refractivity contribution in [3.8, 4) is 0 Å². The highest BCUT2D eigenvalue weighted by molar-refractivity contribution is 5.94. The van der Waals surface area contributed by atoms with E-state index in [0.29, 0.717) is 30.0 Å². The van der Waals surface area contributed by atoms with Crippen LogP contribution in [0.25, 0.3) is 16.7 Å². The van der Waals surface area contributed by atoms with Gasteiger partial charge in [-0.3, -0.25) is 4.79 Å². The molecule has 0 aliphatic rings. The van der Waals surface area contributed by atoms with Gasteiger partial charge < -0.3 is 10.6 Å². The van der Waals surface area contributed by atoms with Gasteiger partial charge in [0.15, 0.2) is 5.82 Å². The molecule has 31 heavy (non-hydrogen) atoms. The van der Waals surface area contributed by atoms with Crippen LogP contribution >= 0.6 is 0 Å². The number of aromatic nitrogens is 5. The van der Waals surface area contributed by atoms with E-state index in [1.54, 1.807) is 28.8 Å². The number of anilines is 2. The molecule has 0 aliphatic carbocycles. The van der Waals surface area contributed by atoms with E-state index in [4.69, 9.17) is 0 Å². The lowest BCUT2D eigenvalue weighted by molar-refractivity contribution is 0.0954. The fourth-order valence-corrected chi connectivity index (χ4v) is 3.16. The number of carbonyl (C=O) groups is 1. The van der Waals surface area contributed by atoms with Crippen molar-refractivity contribution in [2.45, 2.75) is 6.42 Å². The molecule has 2 N–H and O–H groups in total. The Balaban J connectivity index is 1.47. The second-order valence-electron chi connectivity index (χ2n) is 6.75. The Bertz CT molecular complexity index is 1290. The van der Waals surface area contributed by atoms with Gasteiger partial charge in [0.05, 0.1) is 11.0 Å². The average Bonchev–Trinajstić information content (AvgIpc) is 3.30. The SMILES string of the molecule is C=C/C=C(\C=C)CCNC(=O)c1ccc(Nc2nc3ccccc3n3nnnc23)cc1. The summed E-state index contributed by atoms with van der Waals surface area (Å²) in [5.74, 6) is 0.397. The predicted octanol–water partition coefficient (Wildman–Crippen LogP) is 3.83. The minimum absolute atomic E-state index is 0.138. The number of fused-ring (bicyclic) bond motifs is 3. The van der Waals surface area contributed by atoms with Crippen LogP contribution in [-0.4, -0.2) is 37.5 Å². The van der Waals surface area contributed by atoms with Gasteiger partial charge in [-0.1, -0.05) is 43.5 Å². The summed E-state index contributed by atoms with van der Waals surface area (Å²) in [6.07, 6.45) is 6.04. The van der Waals surface area contributed by atoms with E-state index in [0.717, 1.165) is 22.3 Å². The van der Waals surface area contributed by atoms with Gasteiger partial charge in [0.1, 0.15) is 0 Å². The van der Waals surface area contributed by atoms with Crippen molar-refractivity contribution in [3.63, 3.8) is 0 Å². The van der Waals surface area contributed by atoms with E-state index >= 15 is 0 Å². The Morgan fingerprint density at radius 2 is 1.90 bits per heavy atom. The second-order valence-corrected chi connectivity index (χ2v) is 6.75. The zero-order chi connectivity index (χ0) is 21.6. The van der Waals surface area contributed by atoms with Crippen molar-refractivity contribution < 1.29 is 4.79 Å². The van der Waals surface area contributed by atoms with Crippen LogP contribution in [0.2, 0.25) is 0 Å². The molecule has 1 amide bonds. The molecular weight excluding hydrogens is 390 g/mol. The van der Waals surface area contributed by atoms with Gasteiger partial charge in [0, 0.05) is 17.8 Å². The Labute approximate surface area is 179 Å². The van der Waals surface area contributed by atoms with Crippen molar-refractivity contribution in [2.75, 3.05) is 11.9 Å². The summed E-state index contributed by atoms with van der Waals surface area (Å²) in [6, 6.07) is 14.8. The van der Waals surface area contributed by atoms with Crippen LogP contribution in [0.5, 0.6) is 0 Å². The number of para-hydroxylation sites is 2. The standard InChI is InChI=1S/C23H21N7O/c1-3-7-16(4-2)14-15-24-23(31)17-10-12-18(13-11-17)25-21-22-27-28-29-30(22)20-9-6-5-8-19(20)26-21/h3-13H,1-2,14-15H2,(H,24,31)(H,25,26)/b16-7+. The van der Waals surface area contributed by atoms with Crippen molar-refractivity contribution >= 4 is 34.1 Å². The largest absolute Gasteiger partial charge is 0.352 e. The number of amides is 1. The molecule has 0 radical (unpaired) electrons. The minimum Gasteiger partial charge on any atom is -0.352 e. The lowest BCUT2D eigenvalue weighted by Gasteiger charge is -2.09. The first-order chi connectivity index (χ1) is 15.2. The summed E-state index contributed by atoms with van der Waals surface area (Å²) in [5.41, 5.74) is 4.47. The first kappa shape index (κ1) is 20.0. The Hall–Kier alpha value is -4.33. The third-order valence-corrected chi connectivity index (χ3v) is 4.73. The highest BCUT2D eigenvalue weighted by atomic mass is 16.1.